The molecular weight excluding hydrogens is 281 g/mol. The van der Waals surface area contributed by atoms with Crippen LogP contribution in [0.3, 0.4) is 0 Å². The second kappa shape index (κ2) is 22.3. The third-order valence-corrected chi connectivity index (χ3v) is 1.57. The molecule has 1 heteroatoms. The molecule has 0 N–H and O–H groups in total. The van der Waals surface area contributed by atoms with Crippen molar-refractivity contribution in [3.05, 3.63) is 19.8 Å². The third-order valence-electron chi connectivity index (χ3n) is 1.57. The van der Waals surface area contributed by atoms with E-state index in [0.29, 0.717) is 11.3 Å². The van der Waals surface area contributed by atoms with Crippen LogP contribution in [-0.4, -0.2) is 0 Å². The molecule has 1 unspecified atom stereocenters. The molecule has 0 rings (SSSR count). The smallest absolute Gasteiger partial charge is 0.345 e. The van der Waals surface area contributed by atoms with Crippen LogP contribution >= 0.6 is 0 Å². The van der Waals surface area contributed by atoms with Gasteiger partial charge in [-0.25, -0.2) is 6.42 Å². The summed E-state index contributed by atoms with van der Waals surface area (Å²) < 4.78 is 0. The van der Waals surface area contributed by atoms with Gasteiger partial charge in [0.1, 0.15) is 0 Å². The SMILES string of the molecule is CC.CC.C[C-](C)C.[CH2-]CC([CH2-])C(C)(C)C.[Y+3]. The van der Waals surface area contributed by atoms with Gasteiger partial charge in [0.25, 0.3) is 0 Å². The number of hydrogen-bond acceptors (Lipinski definition) is 0. The summed E-state index contributed by atoms with van der Waals surface area (Å²) in [7, 11) is 0. The van der Waals surface area contributed by atoms with Crippen LogP contribution in [0.5, 0.6) is 0 Å². The Labute approximate surface area is 139 Å². The fourth-order valence-electron chi connectivity index (χ4n) is 0.433. The minimum absolute atomic E-state index is 0. The van der Waals surface area contributed by atoms with Crippen LogP contribution in [0.1, 0.15) is 75.7 Å². The van der Waals surface area contributed by atoms with Crippen molar-refractivity contribution in [2.75, 3.05) is 0 Å². The predicted octanol–water partition coefficient (Wildman–Crippen LogP) is 6.38. The van der Waals surface area contributed by atoms with Crippen molar-refractivity contribution in [1.29, 1.82) is 0 Å². The summed E-state index contributed by atoms with van der Waals surface area (Å²) in [6.07, 6.45) is 0.934. The molecule has 0 nitrogen and oxygen atoms in total. The molecular formula is C16H37Y. The quantitative estimate of drug-likeness (QED) is 0.492. The van der Waals surface area contributed by atoms with E-state index in [1.165, 1.54) is 5.92 Å². The molecule has 0 aliphatic heterocycles. The topological polar surface area (TPSA) is 0 Å². The van der Waals surface area contributed by atoms with E-state index in [-0.39, 0.29) is 32.7 Å². The van der Waals surface area contributed by atoms with Crippen LogP contribution in [0.25, 0.3) is 0 Å². The van der Waals surface area contributed by atoms with Crippen LogP contribution in [-0.2, 0) is 32.7 Å². The zero-order valence-corrected chi connectivity index (χ0v) is 17.1. The Hall–Kier alpha value is 1.10. The van der Waals surface area contributed by atoms with E-state index in [1.54, 1.807) is 0 Å². The van der Waals surface area contributed by atoms with Gasteiger partial charge in [-0.05, 0) is 0 Å². The predicted molar refractivity (Wildman–Crippen MR) is 81.2 cm³/mol. The van der Waals surface area contributed by atoms with Crippen molar-refractivity contribution >= 4 is 0 Å². The summed E-state index contributed by atoms with van der Waals surface area (Å²) in [5, 5.41) is 0. The molecule has 0 aliphatic carbocycles. The molecule has 0 aliphatic rings. The van der Waals surface area contributed by atoms with Gasteiger partial charge in [0.15, 0.2) is 0 Å². The Morgan fingerprint density at radius 3 is 1.12 bits per heavy atom. The summed E-state index contributed by atoms with van der Waals surface area (Å²) in [5.41, 5.74) is 0.335. The van der Waals surface area contributed by atoms with E-state index in [1.807, 2.05) is 27.7 Å². The number of rotatable bonds is 1. The average molecular weight is 318 g/mol. The molecule has 0 saturated heterocycles. The molecule has 0 spiro atoms. The van der Waals surface area contributed by atoms with Gasteiger partial charge in [-0.2, -0.15) is 26.7 Å². The van der Waals surface area contributed by atoms with Crippen molar-refractivity contribution in [3.8, 4) is 0 Å². The third kappa shape index (κ3) is 47.1. The Morgan fingerprint density at radius 2 is 1.12 bits per heavy atom. The Morgan fingerprint density at radius 1 is 0.941 bits per heavy atom. The van der Waals surface area contributed by atoms with Crippen molar-refractivity contribution in [2.45, 2.75) is 75.7 Å². The fourth-order valence-corrected chi connectivity index (χ4v) is 0.433. The van der Waals surface area contributed by atoms with Gasteiger partial charge in [0.2, 0.25) is 0 Å². The number of hydrogen-bond donors (Lipinski definition) is 0. The average Bonchev–Trinajstić information content (AvgIpc) is 2.20. The first-order chi connectivity index (χ1) is 7.21. The zero-order chi connectivity index (χ0) is 14.4. The first-order valence-corrected chi connectivity index (χ1v) is 6.61. The normalized spacial score (nSPS) is 10.4. The molecule has 0 aromatic heterocycles. The Kier molecular flexibility index (Phi) is 40.5. The first-order valence-electron chi connectivity index (χ1n) is 6.61. The molecule has 0 bridgehead atoms. The van der Waals surface area contributed by atoms with Gasteiger partial charge in [0, 0.05) is 0 Å². The maximum atomic E-state index is 3.97. The van der Waals surface area contributed by atoms with Gasteiger partial charge in [0.05, 0.1) is 0 Å². The van der Waals surface area contributed by atoms with E-state index < -0.39 is 0 Å². The molecule has 0 fully saturated rings. The van der Waals surface area contributed by atoms with Gasteiger partial charge < -0.3 is 19.8 Å². The Bertz CT molecular complexity index is 87.4. The van der Waals surface area contributed by atoms with Gasteiger partial charge in [-0.3, -0.25) is 0 Å². The van der Waals surface area contributed by atoms with Crippen LogP contribution < -0.4 is 0 Å². The second-order valence-corrected chi connectivity index (χ2v) is 4.85. The van der Waals surface area contributed by atoms with Crippen LogP contribution in [0.4, 0.5) is 0 Å². The molecule has 0 radical (unpaired) electrons. The summed E-state index contributed by atoms with van der Waals surface area (Å²) >= 11 is 0. The molecule has 0 heterocycles. The van der Waals surface area contributed by atoms with Gasteiger partial charge in [-0.15, -0.1) is 0 Å². The summed E-state index contributed by atoms with van der Waals surface area (Å²) in [4.78, 5) is 0. The van der Waals surface area contributed by atoms with Crippen molar-refractivity contribution in [1.82, 2.24) is 0 Å². The van der Waals surface area contributed by atoms with Crippen molar-refractivity contribution in [3.63, 3.8) is 0 Å². The van der Waals surface area contributed by atoms with Crippen LogP contribution in [0.15, 0.2) is 0 Å². The van der Waals surface area contributed by atoms with E-state index >= 15 is 0 Å². The largest absolute Gasteiger partial charge is 3.00 e. The molecule has 17 heavy (non-hydrogen) atoms. The maximum Gasteiger partial charge on any atom is 3.00 e. The van der Waals surface area contributed by atoms with Crippen molar-refractivity contribution in [2.24, 2.45) is 11.3 Å². The Balaban J connectivity index is -0.0000000457. The van der Waals surface area contributed by atoms with E-state index in [0.717, 1.165) is 6.42 Å². The first kappa shape index (κ1) is 30.8. The summed E-state index contributed by atoms with van der Waals surface area (Å²) in [6, 6.07) is 0. The summed E-state index contributed by atoms with van der Waals surface area (Å²) in [5.74, 6) is 1.91. The van der Waals surface area contributed by atoms with E-state index in [9.17, 15) is 0 Å². The van der Waals surface area contributed by atoms with E-state index in [2.05, 4.69) is 55.4 Å². The molecule has 0 amide bonds. The molecule has 104 valence electrons. The zero-order valence-electron chi connectivity index (χ0n) is 14.3. The van der Waals surface area contributed by atoms with Crippen LogP contribution in [0.2, 0.25) is 0 Å². The van der Waals surface area contributed by atoms with Gasteiger partial charge >= 0.3 is 32.7 Å². The fraction of sp³-hybridized carbons (Fsp3) is 0.812. The molecule has 1 atom stereocenters. The van der Waals surface area contributed by atoms with Crippen molar-refractivity contribution < 1.29 is 32.7 Å². The van der Waals surface area contributed by atoms with Crippen LogP contribution in [0, 0.1) is 31.1 Å². The summed E-state index contributed by atoms with van der Waals surface area (Å²) in [6.45, 7) is 28.6. The molecule has 0 aromatic carbocycles. The minimum atomic E-state index is 0. The van der Waals surface area contributed by atoms with E-state index in [4.69, 9.17) is 0 Å². The second-order valence-electron chi connectivity index (χ2n) is 4.85. The molecule has 0 saturated carbocycles. The van der Waals surface area contributed by atoms with Gasteiger partial charge in [-0.1, -0.05) is 53.9 Å². The standard InChI is InChI=1S/C8H16.C4H9.2C2H6.Y/c1-6-7(2)8(3,4)5;1-4(2)3;2*1-2;/h7H,1-2,6H2,3-5H3;1-3H3;2*1-2H3;/q-2;-1;;;+3. The minimum Gasteiger partial charge on any atom is -0.345 e. The monoisotopic (exact) mass is 318 g/mol. The molecule has 0 aromatic rings. The maximum absolute atomic E-state index is 3.97.